The Morgan fingerprint density at radius 3 is 1.86 bits per heavy atom. The molecule has 0 aliphatic heterocycles. The topological polar surface area (TPSA) is 57.4 Å². The lowest BCUT2D eigenvalue weighted by atomic mass is 9.97. The standard InChI is InChI=1S/C25H24N4/c1-4-24-26-13-22(28-24)18-7-9-20-16(11-18)5-6-17-12-19(8-10-21(17)20)23-14-27-25(29-23)15(2)3/h5-15H,4H2,1-3H3,(H,26,28)(H,27,29). The highest BCUT2D eigenvalue weighted by Gasteiger charge is 2.09. The molecule has 0 saturated carbocycles. The second kappa shape index (κ2) is 6.89. The normalized spacial score (nSPS) is 11.7. The van der Waals surface area contributed by atoms with Gasteiger partial charge in [-0.3, -0.25) is 0 Å². The summed E-state index contributed by atoms with van der Waals surface area (Å²) in [7, 11) is 0. The minimum Gasteiger partial charge on any atom is -0.342 e. The first kappa shape index (κ1) is 17.7. The maximum atomic E-state index is 4.50. The average molecular weight is 380 g/mol. The first-order chi connectivity index (χ1) is 14.1. The Labute approximate surface area is 170 Å². The summed E-state index contributed by atoms with van der Waals surface area (Å²) in [5, 5.41) is 5.00. The van der Waals surface area contributed by atoms with E-state index in [0.29, 0.717) is 5.92 Å². The molecule has 2 aromatic heterocycles. The van der Waals surface area contributed by atoms with E-state index in [-0.39, 0.29) is 0 Å². The Balaban J connectivity index is 1.57. The van der Waals surface area contributed by atoms with Gasteiger partial charge in [0.15, 0.2) is 0 Å². The van der Waals surface area contributed by atoms with E-state index in [1.807, 2.05) is 12.4 Å². The van der Waals surface area contributed by atoms with Gasteiger partial charge in [-0.25, -0.2) is 9.97 Å². The summed E-state index contributed by atoms with van der Waals surface area (Å²) in [5.74, 6) is 2.44. The molecule has 0 bridgehead atoms. The number of imidazole rings is 2. The minimum atomic E-state index is 0.394. The van der Waals surface area contributed by atoms with Crippen molar-refractivity contribution in [2.45, 2.75) is 33.1 Å². The fourth-order valence-electron chi connectivity index (χ4n) is 3.87. The molecule has 29 heavy (non-hydrogen) atoms. The third kappa shape index (κ3) is 3.11. The van der Waals surface area contributed by atoms with Gasteiger partial charge in [-0.15, -0.1) is 0 Å². The molecular formula is C25H24N4. The van der Waals surface area contributed by atoms with Crippen LogP contribution >= 0.6 is 0 Å². The number of nitrogens with one attached hydrogen (secondary N) is 2. The van der Waals surface area contributed by atoms with Crippen molar-refractivity contribution < 1.29 is 0 Å². The van der Waals surface area contributed by atoms with Gasteiger partial charge in [-0.05, 0) is 33.7 Å². The lowest BCUT2D eigenvalue weighted by Crippen LogP contribution is -1.89. The van der Waals surface area contributed by atoms with Crippen LogP contribution in [-0.4, -0.2) is 19.9 Å². The van der Waals surface area contributed by atoms with Crippen molar-refractivity contribution in [1.82, 2.24) is 19.9 Å². The van der Waals surface area contributed by atoms with E-state index < -0.39 is 0 Å². The van der Waals surface area contributed by atoms with Gasteiger partial charge in [0.1, 0.15) is 11.6 Å². The molecule has 5 rings (SSSR count). The highest BCUT2D eigenvalue weighted by Crippen LogP contribution is 2.32. The van der Waals surface area contributed by atoms with Crippen LogP contribution in [0.4, 0.5) is 0 Å². The Morgan fingerprint density at radius 1 is 0.759 bits per heavy atom. The molecule has 0 fully saturated rings. The molecule has 4 nitrogen and oxygen atoms in total. The molecule has 0 spiro atoms. The van der Waals surface area contributed by atoms with Crippen molar-refractivity contribution in [3.8, 4) is 22.5 Å². The Bertz CT molecular complexity index is 1320. The van der Waals surface area contributed by atoms with Crippen LogP contribution in [0.1, 0.15) is 38.3 Å². The zero-order chi connectivity index (χ0) is 20.0. The molecule has 3 aromatic carbocycles. The predicted molar refractivity (Wildman–Crippen MR) is 120 cm³/mol. The maximum Gasteiger partial charge on any atom is 0.109 e. The zero-order valence-electron chi connectivity index (χ0n) is 17.0. The van der Waals surface area contributed by atoms with Crippen LogP contribution in [0.2, 0.25) is 0 Å². The molecule has 4 heteroatoms. The van der Waals surface area contributed by atoms with Crippen LogP contribution in [-0.2, 0) is 6.42 Å². The summed E-state index contributed by atoms with van der Waals surface area (Å²) in [5.41, 5.74) is 4.47. The first-order valence-electron chi connectivity index (χ1n) is 10.2. The maximum absolute atomic E-state index is 4.50. The Kier molecular flexibility index (Phi) is 4.20. The first-order valence-corrected chi connectivity index (χ1v) is 10.2. The minimum absolute atomic E-state index is 0.394. The fraction of sp³-hybridized carbons (Fsp3) is 0.200. The molecule has 0 aliphatic rings. The van der Waals surface area contributed by atoms with E-state index in [4.69, 9.17) is 0 Å². The number of hydrogen-bond acceptors (Lipinski definition) is 2. The molecular weight excluding hydrogens is 356 g/mol. The number of aryl methyl sites for hydroxylation is 1. The number of H-pyrrole nitrogens is 2. The van der Waals surface area contributed by atoms with Gasteiger partial charge < -0.3 is 9.97 Å². The summed E-state index contributed by atoms with van der Waals surface area (Å²) in [6, 6.07) is 17.7. The third-order valence-electron chi connectivity index (χ3n) is 5.56. The molecule has 0 radical (unpaired) electrons. The summed E-state index contributed by atoms with van der Waals surface area (Å²) >= 11 is 0. The van der Waals surface area contributed by atoms with Crippen LogP contribution in [0.25, 0.3) is 44.1 Å². The van der Waals surface area contributed by atoms with E-state index in [2.05, 4.69) is 89.2 Å². The molecule has 0 atom stereocenters. The van der Waals surface area contributed by atoms with Gasteiger partial charge in [-0.2, -0.15) is 0 Å². The van der Waals surface area contributed by atoms with E-state index in [1.54, 1.807) is 0 Å². The largest absolute Gasteiger partial charge is 0.342 e. The van der Waals surface area contributed by atoms with Crippen LogP contribution < -0.4 is 0 Å². The summed E-state index contributed by atoms with van der Waals surface area (Å²) in [6.45, 7) is 6.40. The van der Waals surface area contributed by atoms with Crippen molar-refractivity contribution in [3.05, 3.63) is 72.6 Å². The van der Waals surface area contributed by atoms with Crippen molar-refractivity contribution in [1.29, 1.82) is 0 Å². The quantitative estimate of drug-likeness (QED) is 0.352. The number of rotatable bonds is 4. The van der Waals surface area contributed by atoms with Crippen molar-refractivity contribution in [2.75, 3.05) is 0 Å². The summed E-state index contributed by atoms with van der Waals surface area (Å²) in [4.78, 5) is 15.8. The summed E-state index contributed by atoms with van der Waals surface area (Å²) < 4.78 is 0. The molecule has 0 aliphatic carbocycles. The smallest absolute Gasteiger partial charge is 0.109 e. The number of fused-ring (bicyclic) bond motifs is 3. The lowest BCUT2D eigenvalue weighted by Gasteiger charge is -2.08. The van der Waals surface area contributed by atoms with Gasteiger partial charge in [0.25, 0.3) is 0 Å². The van der Waals surface area contributed by atoms with E-state index >= 15 is 0 Å². The van der Waals surface area contributed by atoms with E-state index in [0.717, 1.165) is 35.0 Å². The van der Waals surface area contributed by atoms with Gasteiger partial charge in [0, 0.05) is 23.5 Å². The average Bonchev–Trinajstić information content (AvgIpc) is 3.42. The van der Waals surface area contributed by atoms with Crippen LogP contribution in [0.5, 0.6) is 0 Å². The number of aromatic nitrogens is 4. The Morgan fingerprint density at radius 2 is 1.34 bits per heavy atom. The van der Waals surface area contributed by atoms with E-state index in [9.17, 15) is 0 Å². The molecule has 2 N–H and O–H groups in total. The van der Waals surface area contributed by atoms with Crippen molar-refractivity contribution in [2.24, 2.45) is 0 Å². The molecule has 0 unspecified atom stereocenters. The summed E-state index contributed by atoms with van der Waals surface area (Å²) in [6.07, 6.45) is 4.76. The molecule has 2 heterocycles. The van der Waals surface area contributed by atoms with Crippen molar-refractivity contribution >= 4 is 21.5 Å². The van der Waals surface area contributed by atoms with Crippen molar-refractivity contribution in [3.63, 3.8) is 0 Å². The molecule has 0 amide bonds. The molecule has 0 saturated heterocycles. The number of benzene rings is 3. The molecule has 144 valence electrons. The second-order valence-corrected chi connectivity index (χ2v) is 7.87. The predicted octanol–water partition coefficient (Wildman–Crippen LogP) is 6.46. The highest BCUT2D eigenvalue weighted by molar-refractivity contribution is 6.09. The second-order valence-electron chi connectivity index (χ2n) is 7.87. The fourth-order valence-corrected chi connectivity index (χ4v) is 3.87. The monoisotopic (exact) mass is 380 g/mol. The number of aromatic amines is 2. The number of nitrogens with zero attached hydrogens (tertiary/aromatic N) is 2. The van der Waals surface area contributed by atoms with Crippen LogP contribution in [0.15, 0.2) is 60.9 Å². The van der Waals surface area contributed by atoms with Crippen LogP contribution in [0, 0.1) is 0 Å². The SMILES string of the molecule is CCc1ncc(-c2ccc3c(ccc4cc(-c5cnc(C(C)C)[nH]5)ccc43)c2)[nH]1. The van der Waals surface area contributed by atoms with Gasteiger partial charge in [0.2, 0.25) is 0 Å². The van der Waals surface area contributed by atoms with Gasteiger partial charge >= 0.3 is 0 Å². The lowest BCUT2D eigenvalue weighted by molar-refractivity contribution is 0.795. The van der Waals surface area contributed by atoms with Gasteiger partial charge in [0.05, 0.1) is 23.8 Å². The van der Waals surface area contributed by atoms with E-state index in [1.165, 1.54) is 27.1 Å². The Hall–Kier alpha value is -3.40. The zero-order valence-corrected chi connectivity index (χ0v) is 17.0. The highest BCUT2D eigenvalue weighted by atomic mass is 14.9. The third-order valence-corrected chi connectivity index (χ3v) is 5.56. The number of hydrogen-bond donors (Lipinski definition) is 2. The molecule has 5 aromatic rings. The van der Waals surface area contributed by atoms with Crippen LogP contribution in [0.3, 0.4) is 0 Å². The van der Waals surface area contributed by atoms with Gasteiger partial charge in [-0.1, -0.05) is 57.2 Å².